The summed E-state index contributed by atoms with van der Waals surface area (Å²) >= 11 is 0. The first kappa shape index (κ1) is 13.5. The lowest BCUT2D eigenvalue weighted by molar-refractivity contribution is -0.143. The first-order valence-corrected chi connectivity index (χ1v) is 5.62. The minimum Gasteiger partial charge on any atom is -0.507 e. The van der Waals surface area contributed by atoms with Gasteiger partial charge in [-0.1, -0.05) is 19.1 Å². The summed E-state index contributed by atoms with van der Waals surface area (Å²) in [7, 11) is 1.37. The van der Waals surface area contributed by atoms with Gasteiger partial charge < -0.3 is 15.2 Å². The monoisotopic (exact) mass is 237 g/mol. The number of carbonyl (C=O) groups excluding carboxylic acids is 1. The molecule has 0 saturated heterocycles. The highest BCUT2D eigenvalue weighted by Crippen LogP contribution is 2.26. The SMILES string of the molecule is CCNC(C(=O)OC)c1cc(C)c(O)c(C)c1. The Hall–Kier alpha value is -1.55. The van der Waals surface area contributed by atoms with Crippen LogP contribution in [0.3, 0.4) is 0 Å². The highest BCUT2D eigenvalue weighted by Gasteiger charge is 2.21. The van der Waals surface area contributed by atoms with Crippen molar-refractivity contribution < 1.29 is 14.6 Å². The minimum atomic E-state index is -0.483. The minimum absolute atomic E-state index is 0.272. The molecule has 1 atom stereocenters. The fraction of sp³-hybridized carbons (Fsp3) is 0.462. The lowest BCUT2D eigenvalue weighted by Crippen LogP contribution is -2.29. The second-order valence-corrected chi connectivity index (χ2v) is 4.02. The second-order valence-electron chi connectivity index (χ2n) is 4.02. The number of carbonyl (C=O) groups is 1. The van der Waals surface area contributed by atoms with Gasteiger partial charge in [0.1, 0.15) is 11.8 Å². The summed E-state index contributed by atoms with van der Waals surface area (Å²) in [4.78, 5) is 11.7. The van der Waals surface area contributed by atoms with Crippen LogP contribution in [0.5, 0.6) is 5.75 Å². The maximum absolute atomic E-state index is 11.7. The van der Waals surface area contributed by atoms with E-state index in [2.05, 4.69) is 5.32 Å². The van der Waals surface area contributed by atoms with Crippen LogP contribution in [0.2, 0.25) is 0 Å². The van der Waals surface area contributed by atoms with E-state index in [1.54, 1.807) is 12.1 Å². The van der Waals surface area contributed by atoms with Gasteiger partial charge in [0.25, 0.3) is 0 Å². The van der Waals surface area contributed by atoms with E-state index in [1.165, 1.54) is 7.11 Å². The van der Waals surface area contributed by atoms with Crippen molar-refractivity contribution in [2.75, 3.05) is 13.7 Å². The molecule has 0 aliphatic carbocycles. The summed E-state index contributed by atoms with van der Waals surface area (Å²) in [6, 6.07) is 3.11. The van der Waals surface area contributed by atoms with Crippen molar-refractivity contribution >= 4 is 5.97 Å². The number of phenolic OH excluding ortho intramolecular Hbond substituents is 1. The molecule has 0 aliphatic rings. The summed E-state index contributed by atoms with van der Waals surface area (Å²) in [6.45, 7) is 6.22. The molecule has 4 heteroatoms. The van der Waals surface area contributed by atoms with Crippen LogP contribution in [0, 0.1) is 13.8 Å². The number of rotatable bonds is 4. The third-order valence-electron chi connectivity index (χ3n) is 2.69. The first-order valence-electron chi connectivity index (χ1n) is 5.62. The van der Waals surface area contributed by atoms with E-state index in [0.717, 1.165) is 16.7 Å². The van der Waals surface area contributed by atoms with Crippen LogP contribution in [0.4, 0.5) is 0 Å². The van der Waals surface area contributed by atoms with Crippen molar-refractivity contribution in [3.05, 3.63) is 28.8 Å². The van der Waals surface area contributed by atoms with Gasteiger partial charge in [-0.3, -0.25) is 0 Å². The van der Waals surface area contributed by atoms with Gasteiger partial charge in [-0.2, -0.15) is 0 Å². The lowest BCUT2D eigenvalue weighted by Gasteiger charge is -2.17. The Bertz CT molecular complexity index is 392. The van der Waals surface area contributed by atoms with Gasteiger partial charge in [-0.25, -0.2) is 4.79 Å². The predicted octanol–water partition coefficient (Wildman–Crippen LogP) is 1.83. The topological polar surface area (TPSA) is 58.6 Å². The highest BCUT2D eigenvalue weighted by atomic mass is 16.5. The Labute approximate surface area is 102 Å². The van der Waals surface area contributed by atoms with Crippen molar-refractivity contribution in [3.63, 3.8) is 0 Å². The van der Waals surface area contributed by atoms with E-state index in [4.69, 9.17) is 4.74 Å². The zero-order valence-corrected chi connectivity index (χ0v) is 10.7. The van der Waals surface area contributed by atoms with E-state index >= 15 is 0 Å². The lowest BCUT2D eigenvalue weighted by atomic mass is 10.00. The first-order chi connectivity index (χ1) is 8.01. The van der Waals surface area contributed by atoms with E-state index in [-0.39, 0.29) is 11.7 Å². The van der Waals surface area contributed by atoms with Crippen molar-refractivity contribution in [2.45, 2.75) is 26.8 Å². The number of hydrogen-bond donors (Lipinski definition) is 2. The molecule has 0 amide bonds. The maximum Gasteiger partial charge on any atom is 0.327 e. The number of phenols is 1. The summed E-state index contributed by atoms with van der Waals surface area (Å²) in [5.41, 5.74) is 2.32. The summed E-state index contributed by atoms with van der Waals surface area (Å²) in [5.74, 6) is -0.0507. The zero-order valence-electron chi connectivity index (χ0n) is 10.7. The highest BCUT2D eigenvalue weighted by molar-refractivity contribution is 5.77. The largest absolute Gasteiger partial charge is 0.507 e. The summed E-state index contributed by atoms with van der Waals surface area (Å²) in [6.07, 6.45) is 0. The average molecular weight is 237 g/mol. The van der Waals surface area contributed by atoms with Crippen LogP contribution < -0.4 is 5.32 Å². The van der Waals surface area contributed by atoms with Gasteiger partial charge in [-0.15, -0.1) is 0 Å². The molecule has 0 saturated carbocycles. The quantitative estimate of drug-likeness (QED) is 0.784. The molecule has 0 spiro atoms. The van der Waals surface area contributed by atoms with Gasteiger partial charge in [-0.05, 0) is 37.1 Å². The number of likely N-dealkylation sites (N-methyl/N-ethyl adjacent to an activating group) is 1. The number of methoxy groups -OCH3 is 1. The Balaban J connectivity index is 3.14. The molecule has 1 unspecified atom stereocenters. The standard InChI is InChI=1S/C13H19NO3/c1-5-14-11(13(16)17-4)10-6-8(2)12(15)9(3)7-10/h6-7,11,14-15H,5H2,1-4H3. The normalized spacial score (nSPS) is 12.2. The molecule has 17 heavy (non-hydrogen) atoms. The molecule has 1 rings (SSSR count). The fourth-order valence-electron chi connectivity index (χ4n) is 1.82. The average Bonchev–Trinajstić information content (AvgIpc) is 2.31. The number of esters is 1. The van der Waals surface area contributed by atoms with Gasteiger partial charge in [0.15, 0.2) is 0 Å². The van der Waals surface area contributed by atoms with E-state index < -0.39 is 6.04 Å². The van der Waals surface area contributed by atoms with Crippen molar-refractivity contribution in [3.8, 4) is 5.75 Å². The molecule has 0 aliphatic heterocycles. The van der Waals surface area contributed by atoms with Gasteiger partial charge >= 0.3 is 5.97 Å². The number of aryl methyl sites for hydroxylation is 2. The smallest absolute Gasteiger partial charge is 0.327 e. The summed E-state index contributed by atoms with van der Waals surface area (Å²) in [5, 5.41) is 12.8. The molecule has 1 aromatic carbocycles. The number of ether oxygens (including phenoxy) is 1. The van der Waals surface area contributed by atoms with Crippen molar-refractivity contribution in [2.24, 2.45) is 0 Å². The molecular formula is C13H19NO3. The molecular weight excluding hydrogens is 218 g/mol. The number of hydrogen-bond acceptors (Lipinski definition) is 4. The number of aromatic hydroxyl groups is 1. The Morgan fingerprint density at radius 3 is 2.35 bits per heavy atom. The van der Waals surface area contributed by atoms with Crippen LogP contribution in [0.1, 0.15) is 29.7 Å². The zero-order chi connectivity index (χ0) is 13.0. The van der Waals surface area contributed by atoms with Crippen LogP contribution >= 0.6 is 0 Å². The molecule has 1 aromatic rings. The van der Waals surface area contributed by atoms with E-state index in [0.29, 0.717) is 6.54 Å². The molecule has 2 N–H and O–H groups in total. The molecule has 0 fully saturated rings. The van der Waals surface area contributed by atoms with Crippen LogP contribution in [-0.2, 0) is 9.53 Å². The number of benzene rings is 1. The van der Waals surface area contributed by atoms with E-state index in [1.807, 2.05) is 20.8 Å². The van der Waals surface area contributed by atoms with Gasteiger partial charge in [0.2, 0.25) is 0 Å². The van der Waals surface area contributed by atoms with Gasteiger partial charge in [0.05, 0.1) is 7.11 Å². The second kappa shape index (κ2) is 5.68. The maximum atomic E-state index is 11.7. The van der Waals surface area contributed by atoms with E-state index in [9.17, 15) is 9.90 Å². The molecule has 4 nitrogen and oxygen atoms in total. The fourth-order valence-corrected chi connectivity index (χ4v) is 1.82. The third kappa shape index (κ3) is 2.97. The van der Waals surface area contributed by atoms with Crippen molar-refractivity contribution in [1.82, 2.24) is 5.32 Å². The van der Waals surface area contributed by atoms with Crippen LogP contribution in [-0.4, -0.2) is 24.7 Å². The summed E-state index contributed by atoms with van der Waals surface area (Å²) < 4.78 is 4.77. The third-order valence-corrected chi connectivity index (χ3v) is 2.69. The van der Waals surface area contributed by atoms with Crippen molar-refractivity contribution in [1.29, 1.82) is 0 Å². The molecule has 94 valence electrons. The van der Waals surface area contributed by atoms with Crippen LogP contribution in [0.15, 0.2) is 12.1 Å². The molecule has 0 heterocycles. The molecule has 0 aromatic heterocycles. The van der Waals surface area contributed by atoms with Gasteiger partial charge in [0, 0.05) is 0 Å². The molecule has 0 radical (unpaired) electrons. The Morgan fingerprint density at radius 1 is 1.41 bits per heavy atom. The predicted molar refractivity (Wildman–Crippen MR) is 66.0 cm³/mol. The van der Waals surface area contributed by atoms with Crippen LogP contribution in [0.25, 0.3) is 0 Å². The Kier molecular flexibility index (Phi) is 4.52. The Morgan fingerprint density at radius 2 is 1.94 bits per heavy atom. The number of nitrogens with one attached hydrogen (secondary N) is 1. The molecule has 0 bridgehead atoms.